The first-order valence-corrected chi connectivity index (χ1v) is 5.82. The Labute approximate surface area is 119 Å². The summed E-state index contributed by atoms with van der Waals surface area (Å²) >= 11 is 0. The van der Waals surface area contributed by atoms with Crippen LogP contribution in [0.15, 0.2) is 18.2 Å². The molecule has 0 unspecified atom stereocenters. The molecule has 0 heterocycles. The third-order valence-electron chi connectivity index (χ3n) is 2.68. The molecule has 0 saturated heterocycles. The van der Waals surface area contributed by atoms with Crippen molar-refractivity contribution in [2.45, 2.75) is 19.1 Å². The molecule has 0 aliphatic heterocycles. The van der Waals surface area contributed by atoms with Crippen molar-refractivity contribution in [3.05, 3.63) is 33.9 Å². The van der Waals surface area contributed by atoms with Crippen LogP contribution in [-0.2, 0) is 4.79 Å². The van der Waals surface area contributed by atoms with Crippen LogP contribution in [-0.4, -0.2) is 46.3 Å². The Kier molecular flexibility index (Phi) is 5.19. The van der Waals surface area contributed by atoms with Crippen LogP contribution >= 0.6 is 0 Å². The average molecular weight is 298 g/mol. The van der Waals surface area contributed by atoms with E-state index in [9.17, 15) is 24.8 Å². The average Bonchev–Trinajstić information content (AvgIpc) is 2.42. The van der Waals surface area contributed by atoms with Crippen LogP contribution in [0.3, 0.4) is 0 Å². The summed E-state index contributed by atoms with van der Waals surface area (Å²) in [5.74, 6) is -2.30. The molecule has 0 fully saturated rings. The minimum atomic E-state index is -1.50. The second-order valence-electron chi connectivity index (χ2n) is 4.17. The topological polar surface area (TPSA) is 139 Å². The quantitative estimate of drug-likeness (QED) is 0.502. The number of carboxylic acid groups (broad SMARTS) is 1. The van der Waals surface area contributed by atoms with Gasteiger partial charge in [-0.3, -0.25) is 14.9 Å². The molecule has 0 spiro atoms. The van der Waals surface area contributed by atoms with Gasteiger partial charge in [0.25, 0.3) is 11.6 Å². The minimum absolute atomic E-state index is 0.0727. The molecule has 1 rings (SSSR count). The Hall–Kier alpha value is -2.68. The van der Waals surface area contributed by atoms with Crippen molar-refractivity contribution in [3.8, 4) is 5.75 Å². The van der Waals surface area contributed by atoms with Gasteiger partial charge in [0.2, 0.25) is 0 Å². The third kappa shape index (κ3) is 3.89. The number of ether oxygens (including phenoxy) is 1. The molecule has 9 heteroatoms. The number of nitro benzene ring substituents is 1. The maximum Gasteiger partial charge on any atom is 0.328 e. The number of hydrogen-bond acceptors (Lipinski definition) is 6. The van der Waals surface area contributed by atoms with Crippen LogP contribution in [0.1, 0.15) is 17.3 Å². The standard InChI is InChI=1S/C12H14N2O7/c1-6(15)10(12(17)18)13-11(16)8-4-3-7(14(19)20)5-9(8)21-2/h3-6,10,15H,1-2H3,(H,13,16)(H,17,18)/t6-,10+/m1/s1. The zero-order valence-electron chi connectivity index (χ0n) is 11.3. The number of nitrogens with zero attached hydrogens (tertiary/aromatic N) is 1. The predicted molar refractivity (Wildman–Crippen MR) is 70.2 cm³/mol. The van der Waals surface area contributed by atoms with Gasteiger partial charge in [0.05, 0.1) is 29.8 Å². The van der Waals surface area contributed by atoms with E-state index >= 15 is 0 Å². The zero-order valence-corrected chi connectivity index (χ0v) is 11.3. The number of aliphatic hydroxyl groups is 1. The van der Waals surface area contributed by atoms with Gasteiger partial charge in [-0.25, -0.2) is 4.79 Å². The van der Waals surface area contributed by atoms with Crippen LogP contribution in [0.2, 0.25) is 0 Å². The summed E-state index contributed by atoms with van der Waals surface area (Å²) in [6, 6.07) is 1.79. The van der Waals surface area contributed by atoms with Gasteiger partial charge in [0, 0.05) is 6.07 Å². The van der Waals surface area contributed by atoms with Crippen LogP contribution < -0.4 is 10.1 Å². The van der Waals surface area contributed by atoms with E-state index < -0.39 is 28.9 Å². The molecule has 1 amide bonds. The van der Waals surface area contributed by atoms with E-state index in [1.165, 1.54) is 14.0 Å². The maximum absolute atomic E-state index is 12.0. The van der Waals surface area contributed by atoms with Gasteiger partial charge in [-0.15, -0.1) is 0 Å². The van der Waals surface area contributed by atoms with E-state index in [1.54, 1.807) is 0 Å². The van der Waals surface area contributed by atoms with Crippen molar-refractivity contribution in [1.29, 1.82) is 0 Å². The minimum Gasteiger partial charge on any atom is -0.496 e. The van der Waals surface area contributed by atoms with Crippen molar-refractivity contribution in [2.24, 2.45) is 0 Å². The maximum atomic E-state index is 12.0. The number of aliphatic carboxylic acids is 1. The van der Waals surface area contributed by atoms with Gasteiger partial charge in [0.1, 0.15) is 5.75 Å². The number of hydrogen-bond donors (Lipinski definition) is 3. The molecule has 21 heavy (non-hydrogen) atoms. The lowest BCUT2D eigenvalue weighted by Gasteiger charge is -2.17. The fourth-order valence-corrected chi connectivity index (χ4v) is 1.59. The SMILES string of the molecule is COc1cc([N+](=O)[O-])ccc1C(=O)N[C@H](C(=O)O)[C@@H](C)O. The summed E-state index contributed by atoms with van der Waals surface area (Å²) in [6.07, 6.45) is -1.31. The number of carboxylic acids is 1. The van der Waals surface area contributed by atoms with Gasteiger partial charge in [-0.05, 0) is 13.0 Å². The highest BCUT2D eigenvalue weighted by Crippen LogP contribution is 2.24. The molecule has 1 aromatic carbocycles. The normalized spacial score (nSPS) is 13.1. The van der Waals surface area contributed by atoms with Crippen molar-refractivity contribution < 1.29 is 29.5 Å². The lowest BCUT2D eigenvalue weighted by molar-refractivity contribution is -0.384. The Balaban J connectivity index is 3.07. The number of aliphatic hydroxyl groups excluding tert-OH is 1. The second kappa shape index (κ2) is 6.66. The fourth-order valence-electron chi connectivity index (χ4n) is 1.59. The molecule has 2 atom stereocenters. The first-order valence-electron chi connectivity index (χ1n) is 5.82. The summed E-state index contributed by atoms with van der Waals surface area (Å²) in [5.41, 5.74) is -0.344. The highest BCUT2D eigenvalue weighted by molar-refractivity contribution is 5.99. The monoisotopic (exact) mass is 298 g/mol. The molecular formula is C12H14N2O7. The Morgan fingerprint density at radius 2 is 2.05 bits per heavy atom. The van der Waals surface area contributed by atoms with E-state index in [0.717, 1.165) is 18.2 Å². The first kappa shape index (κ1) is 16.4. The summed E-state index contributed by atoms with van der Waals surface area (Å²) in [7, 11) is 1.22. The molecule has 0 radical (unpaired) electrons. The van der Waals surface area contributed by atoms with Crippen molar-refractivity contribution in [3.63, 3.8) is 0 Å². The fraction of sp³-hybridized carbons (Fsp3) is 0.333. The number of carbonyl (C=O) groups is 2. The Morgan fingerprint density at radius 3 is 2.48 bits per heavy atom. The molecule has 0 aromatic heterocycles. The number of rotatable bonds is 6. The number of methoxy groups -OCH3 is 1. The van der Waals surface area contributed by atoms with Gasteiger partial charge in [0.15, 0.2) is 6.04 Å². The van der Waals surface area contributed by atoms with Crippen molar-refractivity contribution >= 4 is 17.6 Å². The van der Waals surface area contributed by atoms with Crippen LogP contribution in [0, 0.1) is 10.1 Å². The van der Waals surface area contributed by atoms with E-state index in [1.807, 2.05) is 0 Å². The van der Waals surface area contributed by atoms with Gasteiger partial charge in [-0.2, -0.15) is 0 Å². The molecule has 0 aliphatic rings. The summed E-state index contributed by atoms with van der Waals surface area (Å²) < 4.78 is 4.88. The highest BCUT2D eigenvalue weighted by Gasteiger charge is 2.27. The van der Waals surface area contributed by atoms with Gasteiger partial charge in [-0.1, -0.05) is 0 Å². The summed E-state index contributed by atoms with van der Waals surface area (Å²) in [5, 5.41) is 31.0. The molecule has 3 N–H and O–H groups in total. The zero-order chi connectivity index (χ0) is 16.2. The molecule has 0 bridgehead atoms. The highest BCUT2D eigenvalue weighted by atomic mass is 16.6. The second-order valence-corrected chi connectivity index (χ2v) is 4.17. The third-order valence-corrected chi connectivity index (χ3v) is 2.68. The van der Waals surface area contributed by atoms with Crippen molar-refractivity contribution in [1.82, 2.24) is 5.32 Å². The molecule has 1 aromatic rings. The number of non-ortho nitro benzene ring substituents is 1. The smallest absolute Gasteiger partial charge is 0.328 e. The van der Waals surface area contributed by atoms with E-state index in [0.29, 0.717) is 0 Å². The summed E-state index contributed by atoms with van der Waals surface area (Å²) in [4.78, 5) is 32.9. The van der Waals surface area contributed by atoms with E-state index in [2.05, 4.69) is 5.32 Å². The number of nitro groups is 1. The van der Waals surface area contributed by atoms with Crippen molar-refractivity contribution in [2.75, 3.05) is 7.11 Å². The lowest BCUT2D eigenvalue weighted by atomic mass is 10.1. The number of carbonyl (C=O) groups excluding carboxylic acids is 1. The largest absolute Gasteiger partial charge is 0.496 e. The molecule has 0 saturated carbocycles. The van der Waals surface area contributed by atoms with Crippen LogP contribution in [0.4, 0.5) is 5.69 Å². The molecule has 114 valence electrons. The lowest BCUT2D eigenvalue weighted by Crippen LogP contribution is -2.47. The van der Waals surface area contributed by atoms with Gasteiger partial charge < -0.3 is 20.3 Å². The van der Waals surface area contributed by atoms with E-state index in [4.69, 9.17) is 9.84 Å². The van der Waals surface area contributed by atoms with Crippen LogP contribution in [0.25, 0.3) is 0 Å². The molecule has 0 aliphatic carbocycles. The van der Waals surface area contributed by atoms with E-state index in [-0.39, 0.29) is 17.0 Å². The van der Waals surface area contributed by atoms with Gasteiger partial charge >= 0.3 is 5.97 Å². The number of nitrogens with one attached hydrogen (secondary N) is 1. The first-order chi connectivity index (χ1) is 9.77. The molecular weight excluding hydrogens is 284 g/mol. The summed E-state index contributed by atoms with van der Waals surface area (Å²) in [6.45, 7) is 1.21. The molecule has 9 nitrogen and oxygen atoms in total. The van der Waals surface area contributed by atoms with Crippen LogP contribution in [0.5, 0.6) is 5.75 Å². The predicted octanol–water partition coefficient (Wildman–Crippen LogP) is 0.167. The number of benzene rings is 1. The Bertz CT molecular complexity index is 571. The Morgan fingerprint density at radius 1 is 1.43 bits per heavy atom. The number of amides is 1.